The van der Waals surface area contributed by atoms with Crippen LogP contribution in [0.2, 0.25) is 39.3 Å². The molecule has 0 aromatic heterocycles. The van der Waals surface area contributed by atoms with Crippen molar-refractivity contribution in [3.63, 3.8) is 0 Å². The summed E-state index contributed by atoms with van der Waals surface area (Å²) in [6, 6.07) is 0. The highest BCUT2D eigenvalue weighted by molar-refractivity contribution is 6.76. The van der Waals surface area contributed by atoms with Crippen LogP contribution in [0.15, 0.2) is 0 Å². The smallest absolute Gasteiger partial charge is 0.187 e. The summed E-state index contributed by atoms with van der Waals surface area (Å²) in [5.74, 6) is 0. The maximum Gasteiger partial charge on any atom is 0.187 e. The lowest BCUT2D eigenvalue weighted by atomic mass is 10.8. The molecule has 0 radical (unpaired) electrons. The molecule has 13 heavy (non-hydrogen) atoms. The van der Waals surface area contributed by atoms with Crippen LogP contribution in [0.25, 0.3) is 0 Å². The minimum Gasteiger partial charge on any atom is -0.393 e. The zero-order valence-electron chi connectivity index (χ0n) is 10.1. The first-order chi connectivity index (χ1) is 5.60. The highest BCUT2D eigenvalue weighted by atomic mass is 28.4. The summed E-state index contributed by atoms with van der Waals surface area (Å²) in [6.07, 6.45) is 0.858. The predicted octanol–water partition coefficient (Wildman–Crippen LogP) is 3.08. The highest BCUT2D eigenvalue weighted by Crippen LogP contribution is 2.10. The average Bonchev–Trinajstić information content (AvgIpc) is 1.78. The van der Waals surface area contributed by atoms with Gasteiger partial charge in [0.1, 0.15) is 6.29 Å². The van der Waals surface area contributed by atoms with Crippen LogP contribution in [0, 0.1) is 0 Å². The van der Waals surface area contributed by atoms with E-state index >= 15 is 0 Å². The van der Waals surface area contributed by atoms with Gasteiger partial charge in [0.25, 0.3) is 0 Å². The summed E-state index contributed by atoms with van der Waals surface area (Å²) in [6.45, 7) is 15.4. The Morgan fingerprint density at radius 3 is 1.77 bits per heavy atom. The largest absolute Gasteiger partial charge is 0.393 e. The SMILES string of the molecule is CC(OC[Si](C)(C)C)O[Si](C)(C)C. The van der Waals surface area contributed by atoms with Gasteiger partial charge in [-0.1, -0.05) is 19.6 Å². The molecule has 0 bridgehead atoms. The maximum atomic E-state index is 5.77. The summed E-state index contributed by atoms with van der Waals surface area (Å²) in [7, 11) is -2.51. The molecule has 0 aromatic carbocycles. The molecule has 1 unspecified atom stereocenters. The number of rotatable bonds is 5. The zero-order valence-corrected chi connectivity index (χ0v) is 12.1. The fourth-order valence-electron chi connectivity index (χ4n) is 0.899. The van der Waals surface area contributed by atoms with Gasteiger partial charge in [-0.3, -0.25) is 0 Å². The van der Waals surface area contributed by atoms with E-state index in [0.717, 1.165) is 6.23 Å². The van der Waals surface area contributed by atoms with E-state index in [4.69, 9.17) is 9.16 Å². The van der Waals surface area contributed by atoms with E-state index in [0.29, 0.717) is 0 Å². The van der Waals surface area contributed by atoms with Crippen molar-refractivity contribution < 1.29 is 9.16 Å². The Hall–Kier alpha value is 0.354. The van der Waals surface area contributed by atoms with E-state index in [2.05, 4.69) is 39.3 Å². The van der Waals surface area contributed by atoms with E-state index in [-0.39, 0.29) is 6.29 Å². The van der Waals surface area contributed by atoms with Crippen LogP contribution < -0.4 is 0 Å². The van der Waals surface area contributed by atoms with Crippen LogP contribution >= 0.6 is 0 Å². The molecule has 0 rings (SSSR count). The molecule has 0 heterocycles. The van der Waals surface area contributed by atoms with E-state index in [1.54, 1.807) is 0 Å². The van der Waals surface area contributed by atoms with Gasteiger partial charge in [0.05, 0.1) is 8.07 Å². The van der Waals surface area contributed by atoms with Gasteiger partial charge in [-0.05, 0) is 26.6 Å². The van der Waals surface area contributed by atoms with E-state index < -0.39 is 16.4 Å². The lowest BCUT2D eigenvalue weighted by Gasteiger charge is -2.26. The summed E-state index contributed by atoms with van der Waals surface area (Å²) in [4.78, 5) is 0. The Bertz CT molecular complexity index is 147. The van der Waals surface area contributed by atoms with Gasteiger partial charge >= 0.3 is 0 Å². The van der Waals surface area contributed by atoms with Crippen molar-refractivity contribution in [2.45, 2.75) is 52.5 Å². The third-order valence-corrected chi connectivity index (χ3v) is 3.34. The monoisotopic (exact) mass is 220 g/mol. The molecule has 0 aliphatic carbocycles. The molecule has 0 saturated carbocycles. The molecule has 80 valence electrons. The average molecular weight is 220 g/mol. The van der Waals surface area contributed by atoms with Gasteiger partial charge in [-0.15, -0.1) is 0 Å². The molecule has 0 amide bonds. The van der Waals surface area contributed by atoms with Gasteiger partial charge < -0.3 is 9.16 Å². The van der Waals surface area contributed by atoms with Crippen LogP contribution in [0.1, 0.15) is 6.92 Å². The van der Waals surface area contributed by atoms with Crippen molar-refractivity contribution in [3.8, 4) is 0 Å². The summed E-state index contributed by atoms with van der Waals surface area (Å²) in [5.41, 5.74) is 0. The molecule has 0 aliphatic rings. The van der Waals surface area contributed by atoms with Gasteiger partial charge in [0, 0.05) is 6.23 Å². The first kappa shape index (κ1) is 13.4. The lowest BCUT2D eigenvalue weighted by Crippen LogP contribution is -2.36. The van der Waals surface area contributed by atoms with Crippen molar-refractivity contribution in [2.75, 3.05) is 6.23 Å². The minimum absolute atomic E-state index is 0.0293. The second-order valence-electron chi connectivity index (χ2n) is 5.67. The lowest BCUT2D eigenvalue weighted by molar-refractivity contribution is -0.0556. The Labute approximate surface area is 84.8 Å². The normalized spacial score (nSPS) is 15.9. The Kier molecular flexibility index (Phi) is 4.86. The van der Waals surface area contributed by atoms with Gasteiger partial charge in [0.2, 0.25) is 0 Å². The highest BCUT2D eigenvalue weighted by Gasteiger charge is 2.20. The molecular formula is C9H24O2Si2. The van der Waals surface area contributed by atoms with E-state index in [1.807, 2.05) is 6.92 Å². The topological polar surface area (TPSA) is 18.5 Å². The van der Waals surface area contributed by atoms with E-state index in [1.165, 1.54) is 0 Å². The van der Waals surface area contributed by atoms with Gasteiger partial charge in [-0.25, -0.2) is 0 Å². The van der Waals surface area contributed by atoms with E-state index in [9.17, 15) is 0 Å². The van der Waals surface area contributed by atoms with Crippen molar-refractivity contribution >= 4 is 16.4 Å². The molecule has 1 atom stereocenters. The standard InChI is InChI=1S/C9H24O2Si2/c1-9(11-13(5,6)7)10-8-12(2,3)4/h9H,8H2,1-7H3. The Morgan fingerprint density at radius 2 is 1.46 bits per heavy atom. The first-order valence-corrected chi connectivity index (χ1v) is 12.0. The molecule has 4 heteroatoms. The van der Waals surface area contributed by atoms with Gasteiger partial charge in [-0.2, -0.15) is 0 Å². The molecule has 2 nitrogen and oxygen atoms in total. The summed E-state index contributed by atoms with van der Waals surface area (Å²) in [5, 5.41) is 0. The fraction of sp³-hybridized carbons (Fsp3) is 1.00. The second-order valence-corrected chi connectivity index (χ2v) is 15.5. The third kappa shape index (κ3) is 10.3. The zero-order chi connectivity index (χ0) is 10.7. The quantitative estimate of drug-likeness (QED) is 0.524. The van der Waals surface area contributed by atoms with Crippen LogP contribution in [-0.2, 0) is 9.16 Å². The van der Waals surface area contributed by atoms with Crippen LogP contribution in [0.4, 0.5) is 0 Å². The summed E-state index contributed by atoms with van der Waals surface area (Å²) >= 11 is 0. The predicted molar refractivity (Wildman–Crippen MR) is 63.2 cm³/mol. The van der Waals surface area contributed by atoms with Crippen LogP contribution in [0.3, 0.4) is 0 Å². The molecule has 0 aliphatic heterocycles. The van der Waals surface area contributed by atoms with Crippen molar-refractivity contribution in [2.24, 2.45) is 0 Å². The number of hydrogen-bond donors (Lipinski definition) is 0. The number of ether oxygens (including phenoxy) is 1. The first-order valence-electron chi connectivity index (χ1n) is 4.90. The van der Waals surface area contributed by atoms with Crippen LogP contribution in [-0.4, -0.2) is 28.9 Å². The minimum atomic E-state index is -1.43. The fourth-order valence-corrected chi connectivity index (χ4v) is 2.70. The molecule has 0 N–H and O–H groups in total. The third-order valence-electron chi connectivity index (χ3n) is 1.27. The molecule has 0 fully saturated rings. The molecule has 0 saturated heterocycles. The van der Waals surface area contributed by atoms with Crippen molar-refractivity contribution in [1.82, 2.24) is 0 Å². The van der Waals surface area contributed by atoms with Crippen LogP contribution in [0.5, 0.6) is 0 Å². The van der Waals surface area contributed by atoms with Crippen molar-refractivity contribution in [1.29, 1.82) is 0 Å². The Balaban J connectivity index is 3.70. The van der Waals surface area contributed by atoms with Gasteiger partial charge in [0.15, 0.2) is 8.32 Å². The Morgan fingerprint density at radius 1 is 1.00 bits per heavy atom. The number of hydrogen-bond acceptors (Lipinski definition) is 2. The molecule has 0 aromatic rings. The maximum absolute atomic E-state index is 5.77. The molecular weight excluding hydrogens is 196 g/mol. The summed E-state index contributed by atoms with van der Waals surface area (Å²) < 4.78 is 11.4. The second kappa shape index (κ2) is 4.73. The van der Waals surface area contributed by atoms with Crippen molar-refractivity contribution in [3.05, 3.63) is 0 Å². The molecule has 0 spiro atoms.